The molecule has 2 rings (SSSR count). The third kappa shape index (κ3) is 2.47. The van der Waals surface area contributed by atoms with Crippen molar-refractivity contribution in [1.29, 1.82) is 0 Å². The highest BCUT2D eigenvalue weighted by Crippen LogP contribution is 2.15. The molecule has 0 fully saturated rings. The molecule has 0 radical (unpaired) electrons. The van der Waals surface area contributed by atoms with E-state index in [1.807, 2.05) is 18.5 Å². The normalized spacial score (nSPS) is 13.1. The minimum atomic E-state index is 0.454. The summed E-state index contributed by atoms with van der Waals surface area (Å²) in [6.07, 6.45) is 4.62. The predicted molar refractivity (Wildman–Crippen MR) is 70.0 cm³/mol. The summed E-state index contributed by atoms with van der Waals surface area (Å²) in [5.74, 6) is 1.14. The highest BCUT2D eigenvalue weighted by Gasteiger charge is 2.11. The summed E-state index contributed by atoms with van der Waals surface area (Å²) in [5.41, 5.74) is 2.18. The van der Waals surface area contributed by atoms with Crippen molar-refractivity contribution in [2.75, 3.05) is 6.54 Å². The van der Waals surface area contributed by atoms with Gasteiger partial charge in [0, 0.05) is 25.2 Å². The van der Waals surface area contributed by atoms with Crippen LogP contribution in [0.25, 0.3) is 11.0 Å². The van der Waals surface area contributed by atoms with E-state index >= 15 is 0 Å². The molecule has 0 aliphatic rings. The molecule has 0 saturated carbocycles. The first-order chi connectivity index (χ1) is 8.26. The summed E-state index contributed by atoms with van der Waals surface area (Å²) in [5, 5.41) is 3.42. The molecule has 0 aromatic carbocycles. The zero-order valence-electron chi connectivity index (χ0n) is 10.8. The first-order valence-corrected chi connectivity index (χ1v) is 6.28. The molecule has 2 aromatic rings. The minimum Gasteiger partial charge on any atom is -0.328 e. The van der Waals surface area contributed by atoms with Crippen LogP contribution >= 0.6 is 0 Å². The number of hydrogen-bond acceptors (Lipinski definition) is 3. The summed E-state index contributed by atoms with van der Waals surface area (Å²) in [6.45, 7) is 8.43. The van der Waals surface area contributed by atoms with Crippen molar-refractivity contribution >= 4 is 11.0 Å². The molecule has 0 spiro atoms. The lowest BCUT2D eigenvalue weighted by atomic mass is 10.2. The van der Waals surface area contributed by atoms with Gasteiger partial charge in [0.15, 0.2) is 0 Å². The third-order valence-corrected chi connectivity index (χ3v) is 2.99. The number of aryl methyl sites for hydroxylation is 1. The quantitative estimate of drug-likeness (QED) is 0.857. The van der Waals surface area contributed by atoms with E-state index in [-0.39, 0.29) is 0 Å². The molecule has 92 valence electrons. The topological polar surface area (TPSA) is 42.7 Å². The van der Waals surface area contributed by atoms with Gasteiger partial charge in [-0.05, 0) is 26.5 Å². The van der Waals surface area contributed by atoms with E-state index in [2.05, 4.69) is 40.6 Å². The molecule has 4 nitrogen and oxygen atoms in total. The van der Waals surface area contributed by atoms with E-state index in [0.29, 0.717) is 6.04 Å². The molecule has 0 aliphatic heterocycles. The maximum Gasteiger partial charge on any atom is 0.111 e. The molecule has 0 aliphatic carbocycles. The van der Waals surface area contributed by atoms with Gasteiger partial charge in [-0.1, -0.05) is 6.92 Å². The van der Waals surface area contributed by atoms with Crippen LogP contribution in [-0.4, -0.2) is 27.1 Å². The standard InChI is InChI=1S/C13H20N4/c1-4-15-10(3)8-13-16-11-9-14-7-6-12(11)17(13)5-2/h6-7,9-10,15H,4-5,8H2,1-3H3. The van der Waals surface area contributed by atoms with Gasteiger partial charge < -0.3 is 9.88 Å². The van der Waals surface area contributed by atoms with E-state index in [1.165, 1.54) is 5.52 Å². The number of aromatic nitrogens is 3. The van der Waals surface area contributed by atoms with Gasteiger partial charge in [-0.25, -0.2) is 4.98 Å². The maximum absolute atomic E-state index is 4.67. The van der Waals surface area contributed by atoms with Gasteiger partial charge >= 0.3 is 0 Å². The highest BCUT2D eigenvalue weighted by molar-refractivity contribution is 5.74. The van der Waals surface area contributed by atoms with Crippen LogP contribution in [0.4, 0.5) is 0 Å². The summed E-state index contributed by atoms with van der Waals surface area (Å²) < 4.78 is 2.27. The van der Waals surface area contributed by atoms with Crippen LogP contribution in [0.1, 0.15) is 26.6 Å². The molecular weight excluding hydrogens is 212 g/mol. The number of imidazole rings is 1. The minimum absolute atomic E-state index is 0.454. The Morgan fingerprint density at radius 2 is 2.24 bits per heavy atom. The van der Waals surface area contributed by atoms with Gasteiger partial charge in [-0.3, -0.25) is 4.98 Å². The van der Waals surface area contributed by atoms with Crippen molar-refractivity contribution in [2.24, 2.45) is 0 Å². The number of fused-ring (bicyclic) bond motifs is 1. The Morgan fingerprint density at radius 3 is 2.94 bits per heavy atom. The van der Waals surface area contributed by atoms with Gasteiger partial charge in [0.1, 0.15) is 11.3 Å². The molecule has 0 amide bonds. The molecule has 1 atom stereocenters. The van der Waals surface area contributed by atoms with Crippen molar-refractivity contribution in [1.82, 2.24) is 19.9 Å². The third-order valence-electron chi connectivity index (χ3n) is 2.99. The Labute approximate surface area is 102 Å². The fourth-order valence-corrected chi connectivity index (χ4v) is 2.23. The Hall–Kier alpha value is -1.42. The van der Waals surface area contributed by atoms with Crippen molar-refractivity contribution in [3.05, 3.63) is 24.3 Å². The van der Waals surface area contributed by atoms with E-state index in [4.69, 9.17) is 0 Å². The number of pyridine rings is 1. The van der Waals surface area contributed by atoms with Crippen LogP contribution in [-0.2, 0) is 13.0 Å². The second-order valence-corrected chi connectivity index (χ2v) is 4.30. The number of rotatable bonds is 5. The lowest BCUT2D eigenvalue weighted by Crippen LogP contribution is -2.28. The average Bonchev–Trinajstić information content (AvgIpc) is 2.66. The first kappa shape index (κ1) is 12.0. The Kier molecular flexibility index (Phi) is 3.74. The summed E-state index contributed by atoms with van der Waals surface area (Å²) >= 11 is 0. The van der Waals surface area contributed by atoms with Gasteiger partial charge in [0.2, 0.25) is 0 Å². The van der Waals surface area contributed by atoms with Gasteiger partial charge in [-0.2, -0.15) is 0 Å². The Morgan fingerprint density at radius 1 is 1.41 bits per heavy atom. The molecule has 17 heavy (non-hydrogen) atoms. The molecule has 4 heteroatoms. The molecule has 2 aromatic heterocycles. The van der Waals surface area contributed by atoms with Crippen LogP contribution < -0.4 is 5.32 Å². The second-order valence-electron chi connectivity index (χ2n) is 4.30. The van der Waals surface area contributed by atoms with Crippen LogP contribution in [0.2, 0.25) is 0 Å². The van der Waals surface area contributed by atoms with Crippen LogP contribution in [0.5, 0.6) is 0 Å². The zero-order valence-corrected chi connectivity index (χ0v) is 10.8. The number of nitrogens with zero attached hydrogens (tertiary/aromatic N) is 3. The second kappa shape index (κ2) is 5.27. The van der Waals surface area contributed by atoms with Gasteiger partial charge in [0.05, 0.1) is 11.7 Å². The number of hydrogen-bond donors (Lipinski definition) is 1. The van der Waals surface area contributed by atoms with E-state index in [1.54, 1.807) is 0 Å². The summed E-state index contributed by atoms with van der Waals surface area (Å²) in [6, 6.07) is 2.49. The Balaban J connectivity index is 2.33. The lowest BCUT2D eigenvalue weighted by Gasteiger charge is -2.12. The summed E-state index contributed by atoms with van der Waals surface area (Å²) in [4.78, 5) is 8.79. The average molecular weight is 232 g/mol. The van der Waals surface area contributed by atoms with Crippen molar-refractivity contribution in [3.63, 3.8) is 0 Å². The molecular formula is C13H20N4. The predicted octanol–water partition coefficient (Wildman–Crippen LogP) is 1.99. The van der Waals surface area contributed by atoms with Crippen molar-refractivity contribution < 1.29 is 0 Å². The maximum atomic E-state index is 4.67. The van der Waals surface area contributed by atoms with E-state index in [0.717, 1.165) is 30.9 Å². The number of likely N-dealkylation sites (N-methyl/N-ethyl adjacent to an activating group) is 1. The molecule has 1 unspecified atom stereocenters. The fourth-order valence-electron chi connectivity index (χ4n) is 2.23. The van der Waals surface area contributed by atoms with Crippen molar-refractivity contribution in [3.8, 4) is 0 Å². The largest absolute Gasteiger partial charge is 0.328 e. The summed E-state index contributed by atoms with van der Waals surface area (Å²) in [7, 11) is 0. The van der Waals surface area contributed by atoms with Crippen molar-refractivity contribution in [2.45, 2.75) is 39.8 Å². The monoisotopic (exact) mass is 232 g/mol. The van der Waals surface area contributed by atoms with Crippen LogP contribution in [0, 0.1) is 0 Å². The molecule has 2 heterocycles. The van der Waals surface area contributed by atoms with Gasteiger partial charge in [0.25, 0.3) is 0 Å². The van der Waals surface area contributed by atoms with Gasteiger partial charge in [-0.15, -0.1) is 0 Å². The molecule has 0 bridgehead atoms. The zero-order chi connectivity index (χ0) is 12.3. The van der Waals surface area contributed by atoms with Crippen LogP contribution in [0.15, 0.2) is 18.5 Å². The molecule has 0 saturated heterocycles. The van der Waals surface area contributed by atoms with E-state index < -0.39 is 0 Å². The lowest BCUT2D eigenvalue weighted by molar-refractivity contribution is 0.538. The SMILES string of the molecule is CCNC(C)Cc1nc2cnccc2n1CC. The fraction of sp³-hybridized carbons (Fsp3) is 0.538. The molecule has 1 N–H and O–H groups in total. The van der Waals surface area contributed by atoms with E-state index in [9.17, 15) is 0 Å². The Bertz CT molecular complexity index is 489. The smallest absolute Gasteiger partial charge is 0.111 e. The number of nitrogens with one attached hydrogen (secondary N) is 1. The first-order valence-electron chi connectivity index (χ1n) is 6.28. The highest BCUT2D eigenvalue weighted by atomic mass is 15.1. The van der Waals surface area contributed by atoms with Crippen LogP contribution in [0.3, 0.4) is 0 Å².